The Morgan fingerprint density at radius 1 is 0.893 bits per heavy atom. The quantitative estimate of drug-likeness (QED) is 0.627. The molecule has 4 rings (SSSR count). The van der Waals surface area contributed by atoms with Gasteiger partial charge in [-0.05, 0) is 72.6 Å². The Bertz CT molecular complexity index is 1160. The van der Waals surface area contributed by atoms with Crippen molar-refractivity contribution < 1.29 is 21.9 Å². The molecule has 0 spiro atoms. The van der Waals surface area contributed by atoms with Crippen molar-refractivity contribution in [3.05, 3.63) is 77.9 Å². The fourth-order valence-electron chi connectivity index (χ4n) is 3.57. The average Bonchev–Trinajstić information content (AvgIpc) is 2.67. The Morgan fingerprint density at radius 2 is 1.54 bits per heavy atom. The first-order valence-corrected chi connectivity index (χ1v) is 10.0. The zero-order valence-electron chi connectivity index (χ0n) is 15.2. The molecule has 0 saturated carbocycles. The zero-order chi connectivity index (χ0) is 20.1. The number of hydrogen-bond acceptors (Lipinski definition) is 3. The largest absolute Gasteiger partial charge is 0.497 e. The summed E-state index contributed by atoms with van der Waals surface area (Å²) < 4.78 is 61.0. The lowest BCUT2D eigenvalue weighted by Crippen LogP contribution is -2.36. The molecular weight excluding hydrogens is 384 g/mol. The number of halogens is 2. The van der Waals surface area contributed by atoms with Crippen LogP contribution >= 0.6 is 0 Å². The molecule has 1 atom stereocenters. The van der Waals surface area contributed by atoms with Crippen molar-refractivity contribution in [1.82, 2.24) is 0 Å². The maximum atomic E-state index is 14.0. The van der Waals surface area contributed by atoms with Crippen LogP contribution in [-0.4, -0.2) is 15.5 Å². The highest BCUT2D eigenvalue weighted by molar-refractivity contribution is 7.92. The van der Waals surface area contributed by atoms with Crippen molar-refractivity contribution in [1.29, 1.82) is 0 Å². The van der Waals surface area contributed by atoms with E-state index in [0.29, 0.717) is 22.4 Å². The van der Waals surface area contributed by atoms with Crippen LogP contribution in [0.1, 0.15) is 18.5 Å². The van der Waals surface area contributed by atoms with Crippen LogP contribution in [0, 0.1) is 11.6 Å². The molecule has 1 unspecified atom stereocenters. The molecule has 0 radical (unpaired) electrons. The van der Waals surface area contributed by atoms with Crippen LogP contribution < -0.4 is 9.04 Å². The highest BCUT2D eigenvalue weighted by Gasteiger charge is 2.37. The summed E-state index contributed by atoms with van der Waals surface area (Å²) in [7, 11) is -2.51. The normalized spacial score (nSPS) is 15.7. The van der Waals surface area contributed by atoms with Crippen LogP contribution in [0.15, 0.2) is 65.6 Å². The molecule has 0 saturated heterocycles. The van der Waals surface area contributed by atoms with E-state index in [4.69, 9.17) is 4.74 Å². The molecule has 0 amide bonds. The molecule has 3 aromatic rings. The summed E-state index contributed by atoms with van der Waals surface area (Å²) in [5.41, 5.74) is 1.86. The van der Waals surface area contributed by atoms with Gasteiger partial charge in [0.2, 0.25) is 0 Å². The van der Waals surface area contributed by atoms with Crippen LogP contribution in [0.25, 0.3) is 11.1 Å². The summed E-state index contributed by atoms with van der Waals surface area (Å²) in [5, 5.41) is 0. The van der Waals surface area contributed by atoms with E-state index in [0.717, 1.165) is 0 Å². The highest BCUT2D eigenvalue weighted by Crippen LogP contribution is 2.47. The number of sulfonamides is 1. The summed E-state index contributed by atoms with van der Waals surface area (Å²) in [4.78, 5) is 0.0564. The maximum Gasteiger partial charge on any atom is 0.264 e. The van der Waals surface area contributed by atoms with Gasteiger partial charge in [-0.1, -0.05) is 6.07 Å². The van der Waals surface area contributed by atoms with Gasteiger partial charge in [0.15, 0.2) is 0 Å². The number of benzene rings is 3. The van der Waals surface area contributed by atoms with Crippen molar-refractivity contribution in [3.63, 3.8) is 0 Å². The van der Waals surface area contributed by atoms with E-state index in [9.17, 15) is 17.2 Å². The molecule has 1 heterocycles. The first-order chi connectivity index (χ1) is 13.3. The molecule has 144 valence electrons. The van der Waals surface area contributed by atoms with Crippen LogP contribution in [0.4, 0.5) is 14.5 Å². The smallest absolute Gasteiger partial charge is 0.264 e. The zero-order valence-corrected chi connectivity index (χ0v) is 16.0. The van der Waals surface area contributed by atoms with E-state index < -0.39 is 27.7 Å². The molecule has 3 aromatic carbocycles. The number of ether oxygens (including phenoxy) is 1. The van der Waals surface area contributed by atoms with E-state index >= 15 is 0 Å². The minimum absolute atomic E-state index is 0.0564. The van der Waals surface area contributed by atoms with Crippen LogP contribution in [0.2, 0.25) is 0 Å². The molecule has 1 aliphatic heterocycles. The lowest BCUT2D eigenvalue weighted by Gasteiger charge is -2.37. The van der Waals surface area contributed by atoms with Crippen molar-refractivity contribution in [2.75, 3.05) is 11.4 Å². The molecule has 4 nitrogen and oxygen atoms in total. The topological polar surface area (TPSA) is 46.6 Å². The molecule has 0 bridgehead atoms. The Kier molecular flexibility index (Phi) is 4.34. The standard InChI is InChI=1S/C21H17F2NO3S/c1-13-18-9-3-14(22)11-20(18)19-10-4-15(23)12-21(19)24(13)28(25,26)17-7-5-16(27-2)6-8-17/h3-13H,1-2H3. The third-order valence-corrected chi connectivity index (χ3v) is 6.82. The number of anilines is 1. The monoisotopic (exact) mass is 401 g/mol. The molecule has 1 aliphatic rings. The molecule has 0 aromatic heterocycles. The summed E-state index contributed by atoms with van der Waals surface area (Å²) in [6.07, 6.45) is 0. The highest BCUT2D eigenvalue weighted by atomic mass is 32.2. The molecule has 0 fully saturated rings. The predicted molar refractivity (Wildman–Crippen MR) is 103 cm³/mol. The summed E-state index contributed by atoms with van der Waals surface area (Å²) >= 11 is 0. The van der Waals surface area contributed by atoms with E-state index in [1.807, 2.05) is 0 Å². The van der Waals surface area contributed by atoms with Crippen LogP contribution in [-0.2, 0) is 10.0 Å². The number of methoxy groups -OCH3 is 1. The van der Waals surface area contributed by atoms with Crippen molar-refractivity contribution >= 4 is 15.7 Å². The number of fused-ring (bicyclic) bond motifs is 3. The van der Waals surface area contributed by atoms with E-state index in [1.54, 1.807) is 25.1 Å². The van der Waals surface area contributed by atoms with Gasteiger partial charge >= 0.3 is 0 Å². The Hall–Kier alpha value is -2.93. The summed E-state index contributed by atoms with van der Waals surface area (Å²) in [6.45, 7) is 1.70. The second-order valence-electron chi connectivity index (χ2n) is 6.55. The van der Waals surface area contributed by atoms with Crippen LogP contribution in [0.5, 0.6) is 5.75 Å². The average molecular weight is 401 g/mol. The lowest BCUT2D eigenvalue weighted by atomic mass is 9.90. The predicted octanol–water partition coefficient (Wildman–Crippen LogP) is 4.91. The minimum Gasteiger partial charge on any atom is -0.497 e. The molecular formula is C21H17F2NO3S. The van der Waals surface area contributed by atoms with Gasteiger partial charge in [-0.15, -0.1) is 0 Å². The minimum atomic E-state index is -4.00. The number of hydrogen-bond donors (Lipinski definition) is 0. The first kappa shape index (κ1) is 18.4. The van der Waals surface area contributed by atoms with Gasteiger partial charge in [0, 0.05) is 5.56 Å². The summed E-state index contributed by atoms with van der Waals surface area (Å²) in [6, 6.07) is 13.4. The molecule has 28 heavy (non-hydrogen) atoms. The van der Waals surface area contributed by atoms with Gasteiger partial charge in [0.25, 0.3) is 10.0 Å². The van der Waals surface area contributed by atoms with Gasteiger partial charge in [0.1, 0.15) is 17.4 Å². The lowest BCUT2D eigenvalue weighted by molar-refractivity contribution is 0.414. The number of rotatable bonds is 3. The Balaban J connectivity index is 1.94. The van der Waals surface area contributed by atoms with Crippen LogP contribution in [0.3, 0.4) is 0 Å². The molecule has 7 heteroatoms. The maximum absolute atomic E-state index is 14.0. The summed E-state index contributed by atoms with van der Waals surface area (Å²) in [5.74, 6) is -0.480. The molecule has 0 N–H and O–H groups in total. The van der Waals surface area contributed by atoms with E-state index in [1.165, 1.54) is 53.9 Å². The fourth-order valence-corrected chi connectivity index (χ4v) is 5.22. The van der Waals surface area contributed by atoms with Crippen molar-refractivity contribution in [2.45, 2.75) is 17.9 Å². The van der Waals surface area contributed by atoms with Gasteiger partial charge in [-0.25, -0.2) is 17.2 Å². The number of nitrogens with zero attached hydrogens (tertiary/aromatic N) is 1. The first-order valence-electron chi connectivity index (χ1n) is 8.61. The fraction of sp³-hybridized carbons (Fsp3) is 0.143. The van der Waals surface area contributed by atoms with E-state index in [2.05, 4.69) is 0 Å². The van der Waals surface area contributed by atoms with Gasteiger partial charge in [0.05, 0.1) is 23.7 Å². The SMILES string of the molecule is COc1ccc(S(=O)(=O)N2c3cc(F)ccc3-c3cc(F)ccc3C2C)cc1. The molecule has 0 aliphatic carbocycles. The second-order valence-corrected chi connectivity index (χ2v) is 8.36. The third-order valence-electron chi connectivity index (χ3n) is 4.92. The Labute approximate surface area is 162 Å². The third kappa shape index (κ3) is 2.82. The Morgan fingerprint density at radius 3 is 2.21 bits per heavy atom. The van der Waals surface area contributed by atoms with Crippen molar-refractivity contribution in [3.8, 4) is 16.9 Å². The van der Waals surface area contributed by atoms with Gasteiger partial charge in [-0.2, -0.15) is 0 Å². The van der Waals surface area contributed by atoms with Gasteiger partial charge in [-0.3, -0.25) is 4.31 Å². The second kappa shape index (κ2) is 6.60. The van der Waals surface area contributed by atoms with E-state index in [-0.39, 0.29) is 10.6 Å². The van der Waals surface area contributed by atoms with Crippen molar-refractivity contribution in [2.24, 2.45) is 0 Å². The van der Waals surface area contributed by atoms with Gasteiger partial charge < -0.3 is 4.74 Å².